The zero-order chi connectivity index (χ0) is 11.7. The van der Waals surface area contributed by atoms with E-state index in [-0.39, 0.29) is 5.56 Å². The molecule has 5 nitrogen and oxygen atoms in total. The molecule has 0 atom stereocenters. The van der Waals surface area contributed by atoms with Crippen LogP contribution in [0, 0.1) is 6.92 Å². The second-order valence-electron chi connectivity index (χ2n) is 3.52. The molecule has 0 aliphatic carbocycles. The van der Waals surface area contributed by atoms with Crippen LogP contribution in [0.4, 0.5) is 0 Å². The van der Waals surface area contributed by atoms with Crippen LogP contribution in [0.5, 0.6) is 0 Å². The smallest absolute Gasteiger partial charge is 0.271 e. The van der Waals surface area contributed by atoms with Crippen LogP contribution in [0.3, 0.4) is 0 Å². The van der Waals surface area contributed by atoms with Gasteiger partial charge in [0.15, 0.2) is 0 Å². The lowest BCUT2D eigenvalue weighted by Crippen LogP contribution is -2.14. The summed E-state index contributed by atoms with van der Waals surface area (Å²) < 4.78 is 1.40. The van der Waals surface area contributed by atoms with Gasteiger partial charge in [0, 0.05) is 17.3 Å². The number of benzene rings is 1. The molecule has 0 saturated heterocycles. The molecular weight excluding hydrogens is 206 g/mol. The summed E-state index contributed by atoms with van der Waals surface area (Å²) in [5.41, 5.74) is 6.85. The molecule has 0 unspecified atom stereocenters. The predicted octanol–water partition coefficient (Wildman–Crippen LogP) is 0.573. The third kappa shape index (κ3) is 1.75. The number of H-pyrrole nitrogens is 1. The highest BCUT2D eigenvalue weighted by Gasteiger charge is 2.04. The number of aryl methyl sites for hydroxylation is 1. The minimum absolute atomic E-state index is 0.135. The van der Waals surface area contributed by atoms with Gasteiger partial charge in [0.05, 0.1) is 5.69 Å². The second-order valence-corrected chi connectivity index (χ2v) is 3.52. The molecule has 0 saturated carbocycles. The van der Waals surface area contributed by atoms with Crippen LogP contribution in [-0.4, -0.2) is 15.7 Å². The molecule has 2 aromatic rings. The summed E-state index contributed by atoms with van der Waals surface area (Å²) >= 11 is 0. The standard InChI is InChI=1S/C11H11N3O2/c1-7-6-10(15)14(13-7)9-4-2-8(3-5-9)11(12)16/h2-6,13H,1H3,(H2,12,16). The van der Waals surface area contributed by atoms with Gasteiger partial charge in [-0.05, 0) is 31.2 Å². The zero-order valence-corrected chi connectivity index (χ0v) is 8.73. The van der Waals surface area contributed by atoms with Crippen LogP contribution in [-0.2, 0) is 0 Å². The molecule has 1 aromatic carbocycles. The summed E-state index contributed by atoms with van der Waals surface area (Å²) in [6.45, 7) is 1.80. The molecule has 0 aliphatic heterocycles. The Bertz CT molecular complexity index is 578. The Morgan fingerprint density at radius 2 is 1.94 bits per heavy atom. The van der Waals surface area contributed by atoms with Gasteiger partial charge in [0.1, 0.15) is 0 Å². The van der Waals surface area contributed by atoms with Crippen molar-refractivity contribution in [2.45, 2.75) is 6.92 Å². The minimum atomic E-state index is -0.485. The van der Waals surface area contributed by atoms with Gasteiger partial charge in [0.2, 0.25) is 5.91 Å². The van der Waals surface area contributed by atoms with Gasteiger partial charge in [-0.2, -0.15) is 0 Å². The Morgan fingerprint density at radius 1 is 1.31 bits per heavy atom. The molecule has 16 heavy (non-hydrogen) atoms. The largest absolute Gasteiger partial charge is 0.366 e. The molecule has 82 valence electrons. The van der Waals surface area contributed by atoms with Crippen molar-refractivity contribution >= 4 is 5.91 Å². The van der Waals surface area contributed by atoms with E-state index in [1.807, 2.05) is 0 Å². The monoisotopic (exact) mass is 217 g/mol. The van der Waals surface area contributed by atoms with Crippen molar-refractivity contribution in [2.24, 2.45) is 5.73 Å². The van der Waals surface area contributed by atoms with Gasteiger partial charge in [0.25, 0.3) is 5.56 Å². The Kier molecular flexibility index (Phi) is 2.36. The first-order valence-corrected chi connectivity index (χ1v) is 4.77. The Labute approximate surface area is 91.5 Å². The molecule has 0 bridgehead atoms. The summed E-state index contributed by atoms with van der Waals surface area (Å²) in [6.07, 6.45) is 0. The summed E-state index contributed by atoms with van der Waals surface area (Å²) in [5, 5.41) is 2.90. The number of aromatic nitrogens is 2. The molecule has 1 amide bonds. The Balaban J connectivity index is 2.46. The highest BCUT2D eigenvalue weighted by molar-refractivity contribution is 5.92. The van der Waals surface area contributed by atoms with Crippen molar-refractivity contribution in [3.63, 3.8) is 0 Å². The number of rotatable bonds is 2. The van der Waals surface area contributed by atoms with Crippen molar-refractivity contribution in [2.75, 3.05) is 0 Å². The summed E-state index contributed by atoms with van der Waals surface area (Å²) in [5.74, 6) is -0.485. The molecule has 1 aromatic heterocycles. The van der Waals surface area contributed by atoms with E-state index < -0.39 is 5.91 Å². The van der Waals surface area contributed by atoms with Crippen molar-refractivity contribution in [1.29, 1.82) is 0 Å². The lowest BCUT2D eigenvalue weighted by molar-refractivity contribution is 0.100. The van der Waals surface area contributed by atoms with E-state index in [0.29, 0.717) is 11.3 Å². The van der Waals surface area contributed by atoms with E-state index in [2.05, 4.69) is 5.10 Å². The van der Waals surface area contributed by atoms with Gasteiger partial charge in [-0.3, -0.25) is 14.7 Å². The van der Waals surface area contributed by atoms with Gasteiger partial charge in [-0.15, -0.1) is 0 Å². The first-order chi connectivity index (χ1) is 7.58. The third-order valence-electron chi connectivity index (χ3n) is 2.26. The number of nitrogens with two attached hydrogens (primary N) is 1. The first kappa shape index (κ1) is 10.2. The number of carbonyl (C=O) groups is 1. The van der Waals surface area contributed by atoms with Gasteiger partial charge >= 0.3 is 0 Å². The van der Waals surface area contributed by atoms with Crippen LogP contribution in [0.2, 0.25) is 0 Å². The Morgan fingerprint density at radius 3 is 2.38 bits per heavy atom. The average molecular weight is 217 g/mol. The van der Waals surface area contributed by atoms with Crippen LogP contribution in [0.1, 0.15) is 16.1 Å². The van der Waals surface area contributed by atoms with Gasteiger partial charge in [-0.25, -0.2) is 4.68 Å². The molecule has 0 spiro atoms. The molecule has 0 fully saturated rings. The lowest BCUT2D eigenvalue weighted by atomic mass is 10.2. The van der Waals surface area contributed by atoms with E-state index in [0.717, 1.165) is 5.69 Å². The normalized spacial score (nSPS) is 10.3. The minimum Gasteiger partial charge on any atom is -0.366 e. The number of hydrogen-bond donors (Lipinski definition) is 2. The van der Waals surface area contributed by atoms with Crippen LogP contribution in [0.15, 0.2) is 35.1 Å². The van der Waals surface area contributed by atoms with Crippen molar-refractivity contribution in [3.8, 4) is 5.69 Å². The maximum Gasteiger partial charge on any atom is 0.271 e. The van der Waals surface area contributed by atoms with E-state index >= 15 is 0 Å². The molecule has 2 rings (SSSR count). The number of carbonyl (C=O) groups excluding carboxylic acids is 1. The fourth-order valence-electron chi connectivity index (χ4n) is 1.48. The number of amides is 1. The van der Waals surface area contributed by atoms with Crippen LogP contribution in [0.25, 0.3) is 5.69 Å². The zero-order valence-electron chi connectivity index (χ0n) is 8.73. The summed E-state index contributed by atoms with van der Waals surface area (Å²) in [6, 6.07) is 8.00. The van der Waals surface area contributed by atoms with Gasteiger partial charge in [-0.1, -0.05) is 0 Å². The van der Waals surface area contributed by atoms with Gasteiger partial charge < -0.3 is 5.73 Å². The van der Waals surface area contributed by atoms with Crippen LogP contribution >= 0.6 is 0 Å². The maximum atomic E-state index is 11.5. The van der Waals surface area contributed by atoms with E-state index in [1.54, 1.807) is 31.2 Å². The lowest BCUT2D eigenvalue weighted by Gasteiger charge is -2.02. The van der Waals surface area contributed by atoms with Crippen molar-refractivity contribution < 1.29 is 4.79 Å². The second kappa shape index (κ2) is 3.69. The SMILES string of the molecule is Cc1cc(=O)n(-c2ccc(C(N)=O)cc2)[nH]1. The van der Waals surface area contributed by atoms with E-state index in [1.165, 1.54) is 10.7 Å². The number of nitrogens with zero attached hydrogens (tertiary/aromatic N) is 1. The molecule has 1 heterocycles. The number of nitrogens with one attached hydrogen (secondary N) is 1. The highest BCUT2D eigenvalue weighted by atomic mass is 16.1. The third-order valence-corrected chi connectivity index (χ3v) is 2.26. The first-order valence-electron chi connectivity index (χ1n) is 4.77. The predicted molar refractivity (Wildman–Crippen MR) is 59.6 cm³/mol. The molecule has 5 heteroatoms. The van der Waals surface area contributed by atoms with E-state index in [4.69, 9.17) is 5.73 Å². The molecule has 0 radical (unpaired) electrons. The summed E-state index contributed by atoms with van der Waals surface area (Å²) in [4.78, 5) is 22.4. The average Bonchev–Trinajstić information content (AvgIpc) is 2.58. The number of primary amides is 1. The van der Waals surface area contributed by atoms with Crippen molar-refractivity contribution in [3.05, 3.63) is 51.9 Å². The highest BCUT2D eigenvalue weighted by Crippen LogP contribution is 2.06. The van der Waals surface area contributed by atoms with Crippen molar-refractivity contribution in [1.82, 2.24) is 9.78 Å². The summed E-state index contributed by atoms with van der Waals surface area (Å²) in [7, 11) is 0. The van der Waals surface area contributed by atoms with Crippen LogP contribution < -0.4 is 11.3 Å². The molecule has 0 aliphatic rings. The quantitative estimate of drug-likeness (QED) is 0.771. The Hall–Kier alpha value is -2.30. The fourth-order valence-corrected chi connectivity index (χ4v) is 1.48. The molecule has 3 N–H and O–H groups in total. The number of aromatic amines is 1. The fraction of sp³-hybridized carbons (Fsp3) is 0.0909. The molecular formula is C11H11N3O2. The maximum absolute atomic E-state index is 11.5. The topological polar surface area (TPSA) is 80.9 Å². The van der Waals surface area contributed by atoms with E-state index in [9.17, 15) is 9.59 Å². The number of hydrogen-bond acceptors (Lipinski definition) is 2.